The van der Waals surface area contributed by atoms with Crippen LogP contribution >= 0.6 is 0 Å². The lowest BCUT2D eigenvalue weighted by molar-refractivity contribution is -1.08. The quantitative estimate of drug-likeness (QED) is 0.582. The highest BCUT2D eigenvalue weighted by atomic mass is 35.5. The Bertz CT molecular complexity index is 507. The number of carbonyl (C=O) groups is 1. The highest BCUT2D eigenvalue weighted by Gasteiger charge is 2.49. The Labute approximate surface area is 138 Å². The fourth-order valence-corrected chi connectivity index (χ4v) is 3.91. The summed E-state index contributed by atoms with van der Waals surface area (Å²) < 4.78 is 2.10. The van der Waals surface area contributed by atoms with E-state index in [4.69, 9.17) is 5.73 Å². The molecule has 3 heterocycles. The third-order valence-corrected chi connectivity index (χ3v) is 5.40. The van der Waals surface area contributed by atoms with E-state index in [9.17, 15) is 4.79 Å². The first kappa shape index (κ1) is 17.1. The number of anilines is 1. The van der Waals surface area contributed by atoms with Crippen molar-refractivity contribution in [2.45, 2.75) is 6.54 Å². The van der Waals surface area contributed by atoms with Crippen molar-refractivity contribution in [3.8, 4) is 0 Å². The number of primary amides is 1. The van der Waals surface area contributed by atoms with Crippen molar-refractivity contribution in [2.24, 2.45) is 5.73 Å². The van der Waals surface area contributed by atoms with Crippen LogP contribution < -0.4 is 23.5 Å². The highest BCUT2D eigenvalue weighted by molar-refractivity contribution is 5.74. The number of benzene rings is 1. The van der Waals surface area contributed by atoms with Crippen LogP contribution in [0.5, 0.6) is 0 Å². The van der Waals surface area contributed by atoms with E-state index >= 15 is 0 Å². The van der Waals surface area contributed by atoms with Gasteiger partial charge in [0.15, 0.2) is 6.54 Å². The molecule has 6 heteroatoms. The standard InChI is InChI=1S/C16H25N4O.ClH/c1-18-15-4-2-14(3-5-15)12-19-6-9-20(10-7-19,11-8-19)13-16(17)21;/h2-5,18H,6-13H2,1H3,(H-,17,21);1H/q+1;. The zero-order valence-corrected chi connectivity index (χ0v) is 14.0. The Kier molecular flexibility index (Phi) is 5.00. The first-order valence-electron chi connectivity index (χ1n) is 7.80. The third kappa shape index (κ3) is 3.37. The zero-order chi connectivity index (χ0) is 14.9. The van der Waals surface area contributed by atoms with Crippen LogP contribution in [-0.4, -0.2) is 67.7 Å². The smallest absolute Gasteiger partial charge is 0.272 e. The van der Waals surface area contributed by atoms with Crippen LogP contribution in [0.3, 0.4) is 0 Å². The minimum atomic E-state index is -0.153. The number of hydrogen-bond donors (Lipinski definition) is 2. The molecule has 3 aliphatic rings. The van der Waals surface area contributed by atoms with E-state index in [0.29, 0.717) is 6.54 Å². The number of fused-ring (bicyclic) bond motifs is 3. The van der Waals surface area contributed by atoms with Crippen molar-refractivity contribution < 1.29 is 26.2 Å². The van der Waals surface area contributed by atoms with Crippen LogP contribution in [-0.2, 0) is 11.3 Å². The molecule has 0 saturated carbocycles. The molecule has 3 aliphatic heterocycles. The Balaban J connectivity index is 0.00000176. The molecule has 0 aliphatic carbocycles. The molecule has 0 spiro atoms. The lowest BCUT2D eigenvalue weighted by Crippen LogP contribution is -3.00. The number of amides is 1. The van der Waals surface area contributed by atoms with Crippen molar-refractivity contribution in [1.82, 2.24) is 0 Å². The van der Waals surface area contributed by atoms with E-state index in [1.54, 1.807) is 0 Å². The molecule has 2 bridgehead atoms. The van der Waals surface area contributed by atoms with Gasteiger partial charge in [-0.2, -0.15) is 0 Å². The fourth-order valence-electron chi connectivity index (χ4n) is 3.91. The van der Waals surface area contributed by atoms with Gasteiger partial charge in [0, 0.05) is 18.3 Å². The molecule has 5 nitrogen and oxygen atoms in total. The first-order chi connectivity index (χ1) is 10.0. The molecular weight excluding hydrogens is 300 g/mol. The van der Waals surface area contributed by atoms with E-state index in [0.717, 1.165) is 36.3 Å². The van der Waals surface area contributed by atoms with Crippen molar-refractivity contribution in [3.63, 3.8) is 0 Å². The Hall–Kier alpha value is -1.30. The van der Waals surface area contributed by atoms with Crippen LogP contribution in [0.4, 0.5) is 5.69 Å². The Morgan fingerprint density at radius 3 is 2.00 bits per heavy atom. The summed E-state index contributed by atoms with van der Waals surface area (Å²) in [4.78, 5) is 11.3. The summed E-state index contributed by atoms with van der Waals surface area (Å²) in [5.41, 5.74) is 7.99. The largest absolute Gasteiger partial charge is 1.00 e. The molecule has 0 aromatic heterocycles. The summed E-state index contributed by atoms with van der Waals surface area (Å²) in [6.45, 7) is 8.42. The molecule has 3 N–H and O–H groups in total. The van der Waals surface area contributed by atoms with Gasteiger partial charge in [-0.05, 0) is 12.1 Å². The lowest BCUT2D eigenvalue weighted by atomic mass is 10.0. The Morgan fingerprint density at radius 1 is 1.05 bits per heavy atom. The van der Waals surface area contributed by atoms with Gasteiger partial charge < -0.3 is 32.4 Å². The van der Waals surface area contributed by atoms with Crippen molar-refractivity contribution in [3.05, 3.63) is 29.8 Å². The predicted molar refractivity (Wildman–Crippen MR) is 83.5 cm³/mol. The molecule has 3 fully saturated rings. The van der Waals surface area contributed by atoms with Crippen LogP contribution in [0.15, 0.2) is 24.3 Å². The maximum atomic E-state index is 11.3. The van der Waals surface area contributed by atoms with Crippen molar-refractivity contribution in [1.29, 1.82) is 0 Å². The maximum absolute atomic E-state index is 11.3. The monoisotopic (exact) mass is 325 g/mol. The zero-order valence-electron chi connectivity index (χ0n) is 13.2. The average molecular weight is 326 g/mol. The summed E-state index contributed by atoms with van der Waals surface area (Å²) in [5, 5.41) is 3.16. The predicted octanol–water partition coefficient (Wildman–Crippen LogP) is -2.62. The van der Waals surface area contributed by atoms with Crippen molar-refractivity contribution in [2.75, 3.05) is 58.2 Å². The molecule has 0 radical (unpaired) electrons. The molecule has 1 aromatic carbocycles. The molecule has 1 aromatic rings. The Morgan fingerprint density at radius 2 is 1.55 bits per heavy atom. The number of nitrogens with one attached hydrogen (secondary N) is 1. The minimum Gasteiger partial charge on any atom is -1.00 e. The molecular formula is C16H26ClN4O+. The number of rotatable bonds is 5. The minimum absolute atomic E-state index is 0. The number of nitrogens with two attached hydrogens (primary N) is 1. The maximum Gasteiger partial charge on any atom is 0.272 e. The topological polar surface area (TPSA) is 55.1 Å². The molecule has 0 atom stereocenters. The SMILES string of the molecule is CNc1ccc(C[N+]23CC[N+](CC(N)=O)(CC2)CC3)cc1.[Cl-]. The van der Waals surface area contributed by atoms with Gasteiger partial charge in [0.05, 0.1) is 0 Å². The van der Waals surface area contributed by atoms with Gasteiger partial charge in [-0.3, -0.25) is 4.79 Å². The molecule has 22 heavy (non-hydrogen) atoms. The number of carbonyl (C=O) groups excluding carboxylic acids is 1. The van der Waals surface area contributed by atoms with E-state index in [1.807, 2.05) is 7.05 Å². The second-order valence-corrected chi connectivity index (χ2v) is 6.75. The summed E-state index contributed by atoms with van der Waals surface area (Å²) in [6.07, 6.45) is 0. The molecule has 122 valence electrons. The van der Waals surface area contributed by atoms with Crippen LogP contribution in [0.1, 0.15) is 5.56 Å². The van der Waals surface area contributed by atoms with E-state index in [2.05, 4.69) is 29.6 Å². The summed E-state index contributed by atoms with van der Waals surface area (Å²) in [6, 6.07) is 8.76. The summed E-state index contributed by atoms with van der Waals surface area (Å²) >= 11 is 0. The van der Waals surface area contributed by atoms with Crippen molar-refractivity contribution >= 4 is 11.6 Å². The van der Waals surface area contributed by atoms with Crippen LogP contribution in [0.25, 0.3) is 0 Å². The van der Waals surface area contributed by atoms with Gasteiger partial charge in [0.25, 0.3) is 5.91 Å². The lowest BCUT2D eigenvalue weighted by Gasteiger charge is -2.55. The van der Waals surface area contributed by atoms with Gasteiger partial charge in [-0.1, -0.05) is 12.1 Å². The second kappa shape index (κ2) is 6.44. The van der Waals surface area contributed by atoms with E-state index in [-0.39, 0.29) is 18.3 Å². The number of hydrogen-bond acceptors (Lipinski definition) is 2. The normalized spacial score (nSPS) is 29.7. The van der Waals surface area contributed by atoms with Gasteiger partial charge >= 0.3 is 0 Å². The average Bonchev–Trinajstić information content (AvgIpc) is 2.49. The van der Waals surface area contributed by atoms with Crippen LogP contribution in [0, 0.1) is 0 Å². The first-order valence-corrected chi connectivity index (χ1v) is 7.80. The van der Waals surface area contributed by atoms with Gasteiger partial charge in [0.1, 0.15) is 45.8 Å². The second-order valence-electron chi connectivity index (χ2n) is 6.75. The van der Waals surface area contributed by atoms with Gasteiger partial charge in [0.2, 0.25) is 0 Å². The summed E-state index contributed by atoms with van der Waals surface area (Å²) in [5.74, 6) is -0.153. The molecule has 0 unspecified atom stereocenters. The molecule has 3 saturated heterocycles. The van der Waals surface area contributed by atoms with Gasteiger partial charge in [-0.25, -0.2) is 0 Å². The number of nitrogens with zero attached hydrogens (tertiary/aromatic N) is 2. The van der Waals surface area contributed by atoms with Gasteiger partial charge in [-0.15, -0.1) is 0 Å². The number of quaternary nitrogens is 2. The number of piperazine rings is 3. The van der Waals surface area contributed by atoms with Crippen LogP contribution in [0.2, 0.25) is 0 Å². The number of halogens is 1. The van der Waals surface area contributed by atoms with E-state index < -0.39 is 0 Å². The molecule has 4 rings (SSSR count). The van der Waals surface area contributed by atoms with E-state index in [1.165, 1.54) is 29.7 Å². The fraction of sp³-hybridized carbons (Fsp3) is 0.562. The molecule has 1 amide bonds. The summed E-state index contributed by atoms with van der Waals surface area (Å²) in [7, 11) is 1.95. The highest BCUT2D eigenvalue weighted by Crippen LogP contribution is 2.28. The third-order valence-electron chi connectivity index (χ3n) is 5.40.